The first-order valence-corrected chi connectivity index (χ1v) is 41.9. The normalized spacial score (nSPS) is 11.3. The van der Waals surface area contributed by atoms with Crippen LogP contribution in [0.5, 0.6) is 0 Å². The third kappa shape index (κ3) is 15.4. The second-order valence-electron chi connectivity index (χ2n) is 31.2. The van der Waals surface area contributed by atoms with Crippen LogP contribution in [0.15, 0.2) is 437 Å². The summed E-state index contributed by atoms with van der Waals surface area (Å²) in [5.41, 5.74) is 17.4. The molecule has 0 spiro atoms. The number of hydrogen-bond donors (Lipinski definition) is 0. The van der Waals surface area contributed by atoms with Crippen molar-refractivity contribution in [2.45, 2.75) is 0 Å². The van der Waals surface area contributed by atoms with Crippen molar-refractivity contribution in [2.24, 2.45) is 0 Å². The molecule has 126 heavy (non-hydrogen) atoms. The molecule has 0 fully saturated rings. The number of nitrogens with zero attached hydrogens (tertiary/aromatic N) is 12. The lowest BCUT2D eigenvalue weighted by Gasteiger charge is -2.11. The molecule has 0 atom stereocenters. The summed E-state index contributed by atoms with van der Waals surface area (Å²) in [7, 11) is 0. The minimum Gasteiger partial charge on any atom is -0.264 e. The van der Waals surface area contributed by atoms with E-state index >= 15 is 0 Å². The van der Waals surface area contributed by atoms with Gasteiger partial charge in [0.15, 0.2) is 52.4 Å². The van der Waals surface area contributed by atoms with Gasteiger partial charge in [-0.25, -0.2) is 44.9 Å². The van der Waals surface area contributed by atoms with Gasteiger partial charge in [0.05, 0.1) is 11.0 Å². The number of fused-ring (bicyclic) bond motifs is 9. The van der Waals surface area contributed by atoms with E-state index in [4.69, 9.17) is 44.9 Å². The molecule has 0 aliphatic carbocycles. The Kier molecular flexibility index (Phi) is 19.7. The van der Waals surface area contributed by atoms with Gasteiger partial charge in [0.2, 0.25) is 0 Å². The fraction of sp³-hybridized carbons (Fsp3) is 0. The smallest absolute Gasteiger partial charge is 0.164 e. The van der Waals surface area contributed by atoms with E-state index in [0.717, 1.165) is 137 Å². The molecule has 0 aliphatic heterocycles. The molecule has 588 valence electrons. The van der Waals surface area contributed by atoms with Crippen molar-refractivity contribution >= 4 is 97.2 Å². The van der Waals surface area contributed by atoms with Crippen molar-refractivity contribution in [1.82, 2.24) is 59.8 Å². The van der Waals surface area contributed by atoms with E-state index in [1.807, 2.05) is 43.0 Å². The minimum atomic E-state index is 0.641. The van der Waals surface area contributed by atoms with Crippen LogP contribution in [0.3, 0.4) is 0 Å². The van der Waals surface area contributed by atoms with E-state index < -0.39 is 0 Å². The van der Waals surface area contributed by atoms with Gasteiger partial charge in [-0.2, -0.15) is 0 Å². The van der Waals surface area contributed by atoms with Gasteiger partial charge in [0.25, 0.3) is 0 Å². The molecule has 0 bridgehead atoms. The Morgan fingerprint density at radius 3 is 0.762 bits per heavy atom. The van der Waals surface area contributed by atoms with E-state index in [-0.39, 0.29) is 0 Å². The van der Waals surface area contributed by atoms with E-state index in [1.54, 1.807) is 0 Å². The van der Waals surface area contributed by atoms with E-state index in [9.17, 15) is 0 Å². The van der Waals surface area contributed by atoms with Crippen molar-refractivity contribution in [3.8, 4) is 136 Å². The molecular weight excluding hydrogens is 1540 g/mol. The first-order valence-electron chi connectivity index (χ1n) is 41.9. The third-order valence-electron chi connectivity index (χ3n) is 23.3. The number of pyridine rings is 3. The Bertz CT molecular complexity index is 7670. The van der Waals surface area contributed by atoms with Crippen molar-refractivity contribution in [1.29, 1.82) is 0 Å². The molecule has 0 saturated heterocycles. The zero-order chi connectivity index (χ0) is 83.6. The number of hydrogen-bond acceptors (Lipinski definition) is 12. The first-order chi connectivity index (χ1) is 62.3. The standard InChI is InChI=1S/3C38H24N4/c1-3-9-29-23-31(20-14-25(29)7-1)37-40-36(41-38(42-37)32-21-15-26-8-2-4-10-30(26)24-32)28-18-16-27(17-19-28)33-11-5-13-35-34(33)12-6-22-39-35;1-3-8-29-23-33(17-13-25(29)6-1)37-40-36(41-38(42-37)34-18-14-26-7-2-4-9-30(26)24-34)28-15-11-27(12-16-28)31-19-20-35-32(22-31)10-5-21-39-35;1-3-8-29-22-31(18-12-25(29)6-1)37-40-36(41-38(42-37)32-19-13-26-7-2-4-9-30(26)23-32)28-16-14-27(15-17-28)34-11-5-10-33-24-39-21-20-35(33)34/h3*1-24H. The van der Waals surface area contributed by atoms with Crippen LogP contribution in [0.2, 0.25) is 0 Å². The highest BCUT2D eigenvalue weighted by molar-refractivity contribution is 5.99. The molecule has 24 aromatic rings. The van der Waals surface area contributed by atoms with Crippen molar-refractivity contribution in [3.63, 3.8) is 0 Å². The highest BCUT2D eigenvalue weighted by Gasteiger charge is 2.20. The zero-order valence-corrected chi connectivity index (χ0v) is 67.9. The van der Waals surface area contributed by atoms with Gasteiger partial charge in [-0.05, 0) is 176 Å². The lowest BCUT2D eigenvalue weighted by Crippen LogP contribution is -2.00. The summed E-state index contributed by atoms with van der Waals surface area (Å²) in [6.45, 7) is 0. The maximum absolute atomic E-state index is 4.99. The van der Waals surface area contributed by atoms with Crippen LogP contribution in [-0.4, -0.2) is 59.8 Å². The second-order valence-corrected chi connectivity index (χ2v) is 31.2. The van der Waals surface area contributed by atoms with E-state index in [2.05, 4.69) is 409 Å². The van der Waals surface area contributed by atoms with Crippen LogP contribution in [-0.2, 0) is 0 Å². The van der Waals surface area contributed by atoms with Crippen LogP contribution in [0.25, 0.3) is 233 Å². The minimum absolute atomic E-state index is 0.641. The number of rotatable bonds is 12. The molecule has 0 amide bonds. The van der Waals surface area contributed by atoms with Gasteiger partial charge in [-0.1, -0.05) is 340 Å². The van der Waals surface area contributed by atoms with Crippen molar-refractivity contribution in [3.05, 3.63) is 437 Å². The molecule has 0 radical (unpaired) electrons. The SMILES string of the molecule is c1ccc2cc(-c3nc(-c4ccc(-c5ccc6ncccc6c5)cc4)nc(-c4ccc5ccccc5c4)n3)ccc2c1.c1ccc2cc(-c3nc(-c4ccc(-c5cccc6cnccc56)cc4)nc(-c4ccc5ccccc5c4)n3)ccc2c1.c1ccc2cc(-c3nc(-c4ccc(-c5cccc6ncccc56)cc4)nc(-c4ccc5ccccc5c4)n3)ccc2c1. The van der Waals surface area contributed by atoms with Crippen LogP contribution < -0.4 is 0 Å². The molecule has 18 aromatic carbocycles. The van der Waals surface area contributed by atoms with Crippen LogP contribution in [0.1, 0.15) is 0 Å². The summed E-state index contributed by atoms with van der Waals surface area (Å²) in [6, 6.07) is 143. The van der Waals surface area contributed by atoms with Crippen molar-refractivity contribution in [2.75, 3.05) is 0 Å². The van der Waals surface area contributed by atoms with Gasteiger partial charge in [0, 0.05) is 91.0 Å². The van der Waals surface area contributed by atoms with Gasteiger partial charge >= 0.3 is 0 Å². The summed E-state index contributed by atoms with van der Waals surface area (Å²) in [5, 5.41) is 18.6. The summed E-state index contributed by atoms with van der Waals surface area (Å²) >= 11 is 0. The van der Waals surface area contributed by atoms with E-state index in [0.29, 0.717) is 52.4 Å². The predicted molar refractivity (Wildman–Crippen MR) is 516 cm³/mol. The highest BCUT2D eigenvalue weighted by Crippen LogP contribution is 2.38. The molecule has 0 N–H and O–H groups in total. The predicted octanol–water partition coefficient (Wildman–Crippen LogP) is 28.2. The van der Waals surface area contributed by atoms with Gasteiger partial charge in [-0.3, -0.25) is 15.0 Å². The highest BCUT2D eigenvalue weighted by atomic mass is 15.1. The molecule has 12 heteroatoms. The topological polar surface area (TPSA) is 155 Å². The molecule has 0 unspecified atom stereocenters. The molecule has 0 aliphatic rings. The number of aromatic nitrogens is 12. The Balaban J connectivity index is 0.000000112. The maximum atomic E-state index is 4.99. The lowest BCUT2D eigenvalue weighted by atomic mass is 9.98. The summed E-state index contributed by atoms with van der Waals surface area (Å²) in [6.07, 6.45) is 7.40. The first kappa shape index (κ1) is 75.0. The van der Waals surface area contributed by atoms with Crippen LogP contribution in [0, 0.1) is 0 Å². The molecule has 6 aromatic heterocycles. The summed E-state index contributed by atoms with van der Waals surface area (Å²) < 4.78 is 0. The van der Waals surface area contributed by atoms with Gasteiger partial charge in [-0.15, -0.1) is 0 Å². The monoisotopic (exact) mass is 1610 g/mol. The lowest BCUT2D eigenvalue weighted by molar-refractivity contribution is 1.07. The molecule has 0 saturated carbocycles. The Labute approximate surface area is 725 Å². The van der Waals surface area contributed by atoms with Gasteiger partial charge < -0.3 is 0 Å². The Hall–Kier alpha value is -17.2. The quantitative estimate of drug-likeness (QED) is 0.114. The largest absolute Gasteiger partial charge is 0.264 e. The average molecular weight is 1610 g/mol. The molecule has 24 rings (SSSR count). The molecular formula is C114H72N12. The van der Waals surface area contributed by atoms with Crippen LogP contribution >= 0.6 is 0 Å². The maximum Gasteiger partial charge on any atom is 0.164 e. The Morgan fingerprint density at radius 2 is 0.397 bits per heavy atom. The van der Waals surface area contributed by atoms with Gasteiger partial charge in [0.1, 0.15) is 0 Å². The average Bonchev–Trinajstić information content (AvgIpc) is 0.789. The zero-order valence-electron chi connectivity index (χ0n) is 67.9. The third-order valence-corrected chi connectivity index (χ3v) is 23.3. The van der Waals surface area contributed by atoms with Crippen LogP contribution in [0.4, 0.5) is 0 Å². The Morgan fingerprint density at radius 1 is 0.135 bits per heavy atom. The summed E-state index contributed by atoms with van der Waals surface area (Å²) in [4.78, 5) is 58.1. The van der Waals surface area contributed by atoms with Crippen molar-refractivity contribution < 1.29 is 0 Å². The fourth-order valence-electron chi connectivity index (χ4n) is 16.7. The molecule has 6 heterocycles. The second kappa shape index (κ2) is 33.1. The fourth-order valence-corrected chi connectivity index (χ4v) is 16.7. The summed E-state index contributed by atoms with van der Waals surface area (Å²) in [5.74, 6) is 5.84. The molecule has 12 nitrogen and oxygen atoms in total. The van der Waals surface area contributed by atoms with E-state index in [1.165, 1.54) is 43.3 Å². The number of benzene rings is 18.